The number of imide groups is 1. The second-order valence-corrected chi connectivity index (χ2v) is 4.66. The topological polar surface area (TPSA) is 110 Å². The van der Waals surface area contributed by atoms with E-state index >= 15 is 0 Å². The summed E-state index contributed by atoms with van der Waals surface area (Å²) in [4.78, 5) is 47.1. The number of nitrogens with one attached hydrogen (secondary N) is 1. The van der Waals surface area contributed by atoms with Gasteiger partial charge in [0.25, 0.3) is 0 Å². The van der Waals surface area contributed by atoms with E-state index in [-0.39, 0.29) is 36.7 Å². The molecule has 2 atom stereocenters. The third-order valence-electron chi connectivity index (χ3n) is 3.36. The Morgan fingerprint density at radius 3 is 2.21 bits per heavy atom. The molecule has 4 amide bonds. The van der Waals surface area contributed by atoms with Gasteiger partial charge in [0.2, 0.25) is 23.6 Å². The molecule has 2 rings (SSSR count). The Balaban J connectivity index is 1.98. The predicted molar refractivity (Wildman–Crippen MR) is 64.3 cm³/mol. The predicted octanol–water partition coefficient (Wildman–Crippen LogP) is -1.46. The van der Waals surface area contributed by atoms with Crippen molar-refractivity contribution in [1.29, 1.82) is 0 Å². The minimum atomic E-state index is -0.676. The summed E-state index contributed by atoms with van der Waals surface area (Å²) in [6.45, 7) is -0.651. The number of rotatable bonds is 4. The molecule has 0 bridgehead atoms. The molecule has 19 heavy (non-hydrogen) atoms. The quantitative estimate of drug-likeness (QED) is 0.478. The maximum atomic E-state index is 12.0. The van der Waals surface area contributed by atoms with Crippen LogP contribution in [0.25, 0.3) is 0 Å². The average molecular weight is 265 g/mol. The Morgan fingerprint density at radius 2 is 1.74 bits per heavy atom. The van der Waals surface area contributed by atoms with Gasteiger partial charge in [-0.1, -0.05) is 12.2 Å². The number of hydrogen-bond donors (Lipinski definition) is 2. The molecule has 1 saturated heterocycles. The molecule has 1 fully saturated rings. The van der Waals surface area contributed by atoms with Gasteiger partial charge in [-0.2, -0.15) is 0 Å². The van der Waals surface area contributed by atoms with Crippen LogP contribution in [0.15, 0.2) is 12.2 Å². The van der Waals surface area contributed by atoms with Crippen LogP contribution in [-0.4, -0.2) is 41.6 Å². The van der Waals surface area contributed by atoms with E-state index in [2.05, 4.69) is 5.32 Å². The van der Waals surface area contributed by atoms with Crippen molar-refractivity contribution >= 4 is 23.6 Å². The molecule has 0 unspecified atom stereocenters. The highest BCUT2D eigenvalue weighted by atomic mass is 16.2. The smallest absolute Gasteiger partial charge is 0.240 e. The monoisotopic (exact) mass is 265 g/mol. The molecule has 0 spiro atoms. The van der Waals surface area contributed by atoms with Gasteiger partial charge in [0.1, 0.15) is 6.54 Å². The van der Waals surface area contributed by atoms with Crippen LogP contribution in [-0.2, 0) is 19.2 Å². The van der Waals surface area contributed by atoms with Crippen LogP contribution in [0.3, 0.4) is 0 Å². The van der Waals surface area contributed by atoms with Crippen molar-refractivity contribution in [2.75, 3.05) is 13.1 Å². The van der Waals surface area contributed by atoms with Gasteiger partial charge in [0, 0.05) is 0 Å². The van der Waals surface area contributed by atoms with E-state index in [0.717, 1.165) is 4.90 Å². The zero-order valence-electron chi connectivity index (χ0n) is 10.3. The van der Waals surface area contributed by atoms with Crippen LogP contribution in [0.5, 0.6) is 0 Å². The third-order valence-corrected chi connectivity index (χ3v) is 3.36. The second-order valence-electron chi connectivity index (χ2n) is 4.66. The highest BCUT2D eigenvalue weighted by Crippen LogP contribution is 2.34. The first-order chi connectivity index (χ1) is 9.00. The summed E-state index contributed by atoms with van der Waals surface area (Å²) < 4.78 is 0. The third kappa shape index (κ3) is 2.64. The Kier molecular flexibility index (Phi) is 3.64. The van der Waals surface area contributed by atoms with Crippen molar-refractivity contribution in [3.05, 3.63) is 12.2 Å². The molecule has 3 N–H and O–H groups in total. The highest BCUT2D eigenvalue weighted by molar-refractivity contribution is 6.07. The minimum absolute atomic E-state index is 0.302. The van der Waals surface area contributed by atoms with Gasteiger partial charge in [-0.05, 0) is 12.8 Å². The molecule has 0 aromatic heterocycles. The Labute approximate surface area is 109 Å². The fourth-order valence-corrected chi connectivity index (χ4v) is 2.41. The van der Waals surface area contributed by atoms with Gasteiger partial charge in [-0.25, -0.2) is 0 Å². The van der Waals surface area contributed by atoms with Crippen LogP contribution in [0.2, 0.25) is 0 Å². The largest absolute Gasteiger partial charge is 0.368 e. The fraction of sp³-hybridized carbons (Fsp3) is 0.500. The number of carbonyl (C=O) groups excluding carboxylic acids is 4. The van der Waals surface area contributed by atoms with E-state index in [1.165, 1.54) is 0 Å². The molecule has 0 aromatic rings. The minimum Gasteiger partial charge on any atom is -0.368 e. The number of likely N-dealkylation sites (tertiary alicyclic amines) is 1. The molecule has 0 radical (unpaired) electrons. The van der Waals surface area contributed by atoms with E-state index in [1.54, 1.807) is 0 Å². The lowest BCUT2D eigenvalue weighted by Gasteiger charge is -2.14. The number of fused-ring (bicyclic) bond motifs is 1. The highest BCUT2D eigenvalue weighted by Gasteiger charge is 2.47. The zero-order valence-corrected chi connectivity index (χ0v) is 10.3. The molecule has 1 aliphatic carbocycles. The van der Waals surface area contributed by atoms with Crippen LogP contribution in [0.4, 0.5) is 0 Å². The van der Waals surface area contributed by atoms with Crippen LogP contribution >= 0.6 is 0 Å². The van der Waals surface area contributed by atoms with E-state index < -0.39 is 11.8 Å². The molecule has 0 saturated carbocycles. The maximum Gasteiger partial charge on any atom is 0.240 e. The Bertz CT molecular complexity index is 446. The Morgan fingerprint density at radius 1 is 1.21 bits per heavy atom. The van der Waals surface area contributed by atoms with Gasteiger partial charge in [0.05, 0.1) is 18.4 Å². The van der Waals surface area contributed by atoms with E-state index in [4.69, 9.17) is 5.73 Å². The molecular weight excluding hydrogens is 250 g/mol. The number of primary amides is 1. The van der Waals surface area contributed by atoms with Crippen LogP contribution < -0.4 is 11.1 Å². The number of carbonyl (C=O) groups is 4. The van der Waals surface area contributed by atoms with E-state index in [1.807, 2.05) is 12.2 Å². The van der Waals surface area contributed by atoms with Crippen molar-refractivity contribution < 1.29 is 19.2 Å². The summed E-state index contributed by atoms with van der Waals surface area (Å²) in [5.74, 6) is -2.55. The second kappa shape index (κ2) is 5.21. The summed E-state index contributed by atoms with van der Waals surface area (Å²) in [5.41, 5.74) is 4.89. The van der Waals surface area contributed by atoms with E-state index in [9.17, 15) is 19.2 Å². The summed E-state index contributed by atoms with van der Waals surface area (Å²) in [7, 11) is 0. The molecule has 7 nitrogen and oxygen atoms in total. The van der Waals surface area contributed by atoms with E-state index in [0.29, 0.717) is 12.8 Å². The molecule has 1 aliphatic heterocycles. The zero-order chi connectivity index (χ0) is 14.0. The summed E-state index contributed by atoms with van der Waals surface area (Å²) >= 11 is 0. The summed E-state index contributed by atoms with van der Waals surface area (Å²) in [6.07, 6.45) is 4.83. The van der Waals surface area contributed by atoms with Gasteiger partial charge >= 0.3 is 0 Å². The van der Waals surface area contributed by atoms with Gasteiger partial charge < -0.3 is 11.1 Å². The fourth-order valence-electron chi connectivity index (χ4n) is 2.41. The number of nitrogens with two attached hydrogens (primary N) is 1. The number of hydrogen-bond acceptors (Lipinski definition) is 4. The molecule has 1 heterocycles. The van der Waals surface area contributed by atoms with Crippen molar-refractivity contribution in [2.24, 2.45) is 17.6 Å². The number of nitrogens with zero attached hydrogens (tertiary/aromatic N) is 1. The lowest BCUT2D eigenvalue weighted by atomic mass is 9.85. The average Bonchev–Trinajstić information content (AvgIpc) is 2.62. The molecule has 2 aliphatic rings. The van der Waals surface area contributed by atoms with Gasteiger partial charge in [0.15, 0.2) is 0 Å². The van der Waals surface area contributed by atoms with Crippen LogP contribution in [0.1, 0.15) is 12.8 Å². The van der Waals surface area contributed by atoms with Gasteiger partial charge in [-0.3, -0.25) is 24.1 Å². The number of allylic oxidation sites excluding steroid dienone is 2. The first-order valence-electron chi connectivity index (χ1n) is 6.06. The number of amides is 4. The van der Waals surface area contributed by atoms with Crippen molar-refractivity contribution in [1.82, 2.24) is 10.2 Å². The standard InChI is InChI=1S/C12H15N3O4/c13-9(16)5-14-10(17)6-15-11(18)7-3-1-2-4-8(7)12(15)19/h1-2,7-8H,3-6H2,(H2,13,16)(H,14,17)/t7-,8-/m1/s1. The lowest BCUT2D eigenvalue weighted by Crippen LogP contribution is -2.43. The van der Waals surface area contributed by atoms with Crippen molar-refractivity contribution in [2.45, 2.75) is 12.8 Å². The first-order valence-corrected chi connectivity index (χ1v) is 6.06. The maximum absolute atomic E-state index is 12.0. The van der Waals surface area contributed by atoms with Crippen molar-refractivity contribution in [3.63, 3.8) is 0 Å². The lowest BCUT2D eigenvalue weighted by molar-refractivity contribution is -0.143. The summed E-state index contributed by atoms with van der Waals surface area (Å²) in [6, 6.07) is 0. The van der Waals surface area contributed by atoms with Gasteiger partial charge in [-0.15, -0.1) is 0 Å². The van der Waals surface area contributed by atoms with Crippen molar-refractivity contribution in [3.8, 4) is 0 Å². The molecule has 102 valence electrons. The van der Waals surface area contributed by atoms with Crippen LogP contribution in [0, 0.1) is 11.8 Å². The summed E-state index contributed by atoms with van der Waals surface area (Å²) in [5, 5.41) is 2.26. The normalized spacial score (nSPS) is 25.4. The Hall–Kier alpha value is -2.18. The molecule has 7 heteroatoms. The SMILES string of the molecule is NC(=O)CNC(=O)CN1C(=O)[C@@H]2CC=CC[C@H]2C1=O. The molecule has 0 aromatic carbocycles. The molecular formula is C12H15N3O4. The first kappa shape index (κ1) is 13.3.